The van der Waals surface area contributed by atoms with Crippen molar-refractivity contribution in [3.05, 3.63) is 69.3 Å². The molecule has 2 aliphatic carbocycles. The van der Waals surface area contributed by atoms with Crippen LogP contribution in [0.15, 0.2) is 23.8 Å². The molecule has 1 nitrogen and oxygen atoms in total. The van der Waals surface area contributed by atoms with Crippen LogP contribution >= 0.6 is 0 Å². The van der Waals surface area contributed by atoms with E-state index >= 15 is 8.78 Å². The minimum absolute atomic E-state index is 0.0643. The topological polar surface area (TPSA) is 9.23 Å². The molecule has 0 spiro atoms. The fraction of sp³-hybridized carbons (Fsp3) is 0.500. The minimum atomic E-state index is -1.08. The molecule has 1 heterocycles. The average Bonchev–Trinajstić information content (AvgIpc) is 3.19. The first kappa shape index (κ1) is 22.6. The van der Waals surface area contributed by atoms with Crippen molar-refractivity contribution in [1.29, 1.82) is 0 Å². The highest BCUT2D eigenvalue weighted by Gasteiger charge is 2.35. The molecular weight excluding hydrogens is 428 g/mol. The normalized spacial score (nSPS) is 24.4. The van der Waals surface area contributed by atoms with E-state index in [9.17, 15) is 8.78 Å². The SMILES string of the molecule is CCCc1cc2c(c(F)c1F)-c1c(cc(C3CCC(C4=CCC(C)CC4)OC3)c(F)c1F)C2. The van der Waals surface area contributed by atoms with Crippen LogP contribution in [-0.2, 0) is 17.6 Å². The number of hydrogen-bond donors (Lipinski definition) is 0. The van der Waals surface area contributed by atoms with Gasteiger partial charge in [-0.15, -0.1) is 0 Å². The van der Waals surface area contributed by atoms with Crippen molar-refractivity contribution in [2.45, 2.75) is 77.2 Å². The highest BCUT2D eigenvalue weighted by atomic mass is 19.2. The zero-order valence-electron chi connectivity index (χ0n) is 19.2. The van der Waals surface area contributed by atoms with Gasteiger partial charge in [-0.2, -0.15) is 0 Å². The predicted octanol–water partition coefficient (Wildman–Crippen LogP) is 7.78. The molecule has 1 fully saturated rings. The molecular formula is C28H30F4O. The smallest absolute Gasteiger partial charge is 0.167 e. The molecule has 1 aliphatic heterocycles. The Morgan fingerprint density at radius 1 is 0.909 bits per heavy atom. The molecule has 3 atom stereocenters. The average molecular weight is 459 g/mol. The van der Waals surface area contributed by atoms with Crippen molar-refractivity contribution in [2.24, 2.45) is 5.92 Å². The van der Waals surface area contributed by atoms with E-state index in [2.05, 4.69) is 13.0 Å². The molecule has 5 heteroatoms. The van der Waals surface area contributed by atoms with Gasteiger partial charge in [0.2, 0.25) is 0 Å². The van der Waals surface area contributed by atoms with Crippen molar-refractivity contribution < 1.29 is 22.3 Å². The third kappa shape index (κ3) is 3.92. The van der Waals surface area contributed by atoms with Gasteiger partial charge in [-0.05, 0) is 78.7 Å². The number of fused-ring (bicyclic) bond motifs is 3. The molecule has 0 aromatic heterocycles. The van der Waals surface area contributed by atoms with Gasteiger partial charge in [0.25, 0.3) is 0 Å². The number of hydrogen-bond acceptors (Lipinski definition) is 1. The standard InChI is InChI=1S/C28H30F4O/c1-3-4-17-11-19-12-20-13-21(26(30)28(32)24(20)23(19)27(31)25(17)29)18-9-10-22(33-14-18)16-7-5-15(2)6-8-16/h7,11,13,15,18,22H,3-6,8-10,12,14H2,1-2H3. The van der Waals surface area contributed by atoms with E-state index in [4.69, 9.17) is 4.74 Å². The lowest BCUT2D eigenvalue weighted by Crippen LogP contribution is -2.28. The van der Waals surface area contributed by atoms with E-state index in [1.807, 2.05) is 6.92 Å². The highest BCUT2D eigenvalue weighted by Crippen LogP contribution is 2.45. The Bertz CT molecular complexity index is 1110. The monoisotopic (exact) mass is 458 g/mol. The van der Waals surface area contributed by atoms with Crippen LogP contribution in [0.1, 0.15) is 80.5 Å². The summed E-state index contributed by atoms with van der Waals surface area (Å²) in [5.41, 5.74) is 2.73. The Balaban J connectivity index is 1.41. The maximum Gasteiger partial charge on any atom is 0.167 e. The Morgan fingerprint density at radius 3 is 2.27 bits per heavy atom. The van der Waals surface area contributed by atoms with Crippen LogP contribution in [0.4, 0.5) is 17.6 Å². The van der Waals surface area contributed by atoms with Gasteiger partial charge in [0.1, 0.15) is 0 Å². The second-order valence-electron chi connectivity index (χ2n) is 10.0. The zero-order valence-corrected chi connectivity index (χ0v) is 19.2. The lowest BCUT2D eigenvalue weighted by molar-refractivity contribution is 0.0218. The van der Waals surface area contributed by atoms with Gasteiger partial charge in [-0.1, -0.05) is 38.5 Å². The first-order valence-electron chi connectivity index (χ1n) is 12.2. The van der Waals surface area contributed by atoms with Gasteiger partial charge < -0.3 is 4.74 Å². The second-order valence-corrected chi connectivity index (χ2v) is 10.0. The van der Waals surface area contributed by atoms with Gasteiger partial charge in [0, 0.05) is 17.0 Å². The maximum absolute atomic E-state index is 15.2. The molecule has 5 rings (SSSR count). The minimum Gasteiger partial charge on any atom is -0.373 e. The van der Waals surface area contributed by atoms with Crippen molar-refractivity contribution in [3.63, 3.8) is 0 Å². The van der Waals surface area contributed by atoms with Crippen LogP contribution in [0.3, 0.4) is 0 Å². The molecule has 3 unspecified atom stereocenters. The maximum atomic E-state index is 15.2. The summed E-state index contributed by atoms with van der Waals surface area (Å²) < 4.78 is 66.0. The Kier molecular flexibility index (Phi) is 6.11. The number of benzene rings is 2. The molecule has 2 aromatic rings. The van der Waals surface area contributed by atoms with E-state index in [0.29, 0.717) is 54.0 Å². The van der Waals surface area contributed by atoms with Crippen molar-refractivity contribution in [1.82, 2.24) is 0 Å². The summed E-state index contributed by atoms with van der Waals surface area (Å²) in [7, 11) is 0. The third-order valence-corrected chi connectivity index (χ3v) is 7.67. The second kappa shape index (κ2) is 8.90. The van der Waals surface area contributed by atoms with Crippen molar-refractivity contribution in [3.8, 4) is 11.1 Å². The number of rotatable bonds is 4. The molecule has 1 saturated heterocycles. The molecule has 0 N–H and O–H groups in total. The summed E-state index contributed by atoms with van der Waals surface area (Å²) in [5, 5.41) is 0. The van der Waals surface area contributed by atoms with Gasteiger partial charge in [0.15, 0.2) is 23.3 Å². The van der Waals surface area contributed by atoms with Crippen molar-refractivity contribution in [2.75, 3.05) is 6.61 Å². The largest absolute Gasteiger partial charge is 0.373 e. The molecule has 0 radical (unpaired) electrons. The van der Waals surface area contributed by atoms with E-state index < -0.39 is 23.3 Å². The molecule has 2 aromatic carbocycles. The highest BCUT2D eigenvalue weighted by molar-refractivity contribution is 5.79. The van der Waals surface area contributed by atoms with Crippen LogP contribution < -0.4 is 0 Å². The summed E-state index contributed by atoms with van der Waals surface area (Å²) in [5.74, 6) is -3.60. The summed E-state index contributed by atoms with van der Waals surface area (Å²) in [6.45, 7) is 4.48. The van der Waals surface area contributed by atoms with Gasteiger partial charge in [0.05, 0.1) is 12.7 Å². The number of aryl methyl sites for hydroxylation is 1. The Morgan fingerprint density at radius 2 is 1.64 bits per heavy atom. The Hall–Kier alpha value is -2.14. The Labute approximate surface area is 192 Å². The summed E-state index contributed by atoms with van der Waals surface area (Å²) in [6, 6.07) is 3.27. The van der Waals surface area contributed by atoms with E-state index in [-0.39, 0.29) is 29.6 Å². The van der Waals surface area contributed by atoms with Crippen LogP contribution in [0.5, 0.6) is 0 Å². The predicted molar refractivity (Wildman–Crippen MR) is 121 cm³/mol. The van der Waals surface area contributed by atoms with Gasteiger partial charge in [-0.3, -0.25) is 0 Å². The molecule has 0 amide bonds. The van der Waals surface area contributed by atoms with E-state index in [1.165, 1.54) is 5.57 Å². The van der Waals surface area contributed by atoms with Gasteiger partial charge in [-0.25, -0.2) is 17.6 Å². The molecule has 0 saturated carbocycles. The lowest BCUT2D eigenvalue weighted by Gasteiger charge is -2.33. The van der Waals surface area contributed by atoms with E-state index in [0.717, 1.165) is 25.7 Å². The zero-order chi connectivity index (χ0) is 23.3. The van der Waals surface area contributed by atoms with Crippen LogP contribution in [0, 0.1) is 29.2 Å². The van der Waals surface area contributed by atoms with Gasteiger partial charge >= 0.3 is 0 Å². The van der Waals surface area contributed by atoms with E-state index in [1.54, 1.807) is 12.1 Å². The first-order valence-corrected chi connectivity index (χ1v) is 12.2. The molecule has 3 aliphatic rings. The molecule has 0 bridgehead atoms. The fourth-order valence-corrected chi connectivity index (χ4v) is 5.78. The first-order chi connectivity index (χ1) is 15.9. The molecule has 176 valence electrons. The van der Waals surface area contributed by atoms with Crippen LogP contribution in [0.25, 0.3) is 11.1 Å². The fourth-order valence-electron chi connectivity index (χ4n) is 5.78. The summed E-state index contributed by atoms with van der Waals surface area (Å²) in [6.07, 6.45) is 8.48. The summed E-state index contributed by atoms with van der Waals surface area (Å²) >= 11 is 0. The summed E-state index contributed by atoms with van der Waals surface area (Å²) in [4.78, 5) is 0. The third-order valence-electron chi connectivity index (χ3n) is 7.67. The van der Waals surface area contributed by atoms with Crippen LogP contribution in [-0.4, -0.2) is 12.7 Å². The molecule has 33 heavy (non-hydrogen) atoms. The number of halogens is 4. The lowest BCUT2D eigenvalue weighted by atomic mass is 9.83. The number of ether oxygens (including phenoxy) is 1. The number of allylic oxidation sites excluding steroid dienone is 1. The quantitative estimate of drug-likeness (QED) is 0.287. The van der Waals surface area contributed by atoms with Crippen molar-refractivity contribution >= 4 is 0 Å². The van der Waals surface area contributed by atoms with Crippen LogP contribution in [0.2, 0.25) is 0 Å².